The van der Waals surface area contributed by atoms with Gasteiger partial charge >= 0.3 is 0 Å². The molecule has 1 amide bonds. The first-order chi connectivity index (χ1) is 13.3. The first-order valence-corrected chi connectivity index (χ1v) is 11.1. The van der Waals surface area contributed by atoms with E-state index in [9.17, 15) is 18.0 Å². The van der Waals surface area contributed by atoms with Crippen LogP contribution in [0.4, 0.5) is 0 Å². The lowest BCUT2D eigenvalue weighted by Crippen LogP contribution is -2.50. The summed E-state index contributed by atoms with van der Waals surface area (Å²) in [6.07, 6.45) is 3.14. The van der Waals surface area contributed by atoms with Gasteiger partial charge in [-0.25, -0.2) is 13.4 Å². The number of hydrogen-bond acceptors (Lipinski definition) is 6. The van der Waals surface area contributed by atoms with E-state index in [0.29, 0.717) is 18.7 Å². The molecule has 148 valence electrons. The molecule has 1 aromatic carbocycles. The number of aryl methyl sites for hydroxylation is 1. The molecule has 0 saturated carbocycles. The third kappa shape index (κ3) is 4.54. The lowest BCUT2D eigenvalue weighted by molar-refractivity contribution is -0.127. The van der Waals surface area contributed by atoms with E-state index in [1.807, 2.05) is 12.3 Å². The summed E-state index contributed by atoms with van der Waals surface area (Å²) < 4.78 is 26.9. The Kier molecular flexibility index (Phi) is 6.07. The Morgan fingerprint density at radius 3 is 2.29 bits per heavy atom. The van der Waals surface area contributed by atoms with E-state index >= 15 is 0 Å². The highest BCUT2D eigenvalue weighted by atomic mass is 32.2. The fourth-order valence-electron chi connectivity index (χ4n) is 2.88. The summed E-state index contributed by atoms with van der Waals surface area (Å²) in [5.41, 5.74) is 1.21. The number of piperazine rings is 1. The monoisotopic (exact) mass is 419 g/mol. The summed E-state index contributed by atoms with van der Waals surface area (Å²) in [5, 5.41) is 2.81. The summed E-state index contributed by atoms with van der Waals surface area (Å²) in [5.74, 6) is -0.273. The molecule has 0 aliphatic carbocycles. The molecule has 1 aliphatic rings. The average Bonchev–Trinajstić information content (AvgIpc) is 3.11. The zero-order valence-electron chi connectivity index (χ0n) is 15.7. The molecule has 1 aromatic heterocycles. The van der Waals surface area contributed by atoms with Crippen molar-refractivity contribution in [1.29, 1.82) is 0 Å². The molecule has 0 N–H and O–H groups in total. The minimum absolute atomic E-state index is 0.114. The quantitative estimate of drug-likeness (QED) is 0.548. The van der Waals surface area contributed by atoms with Crippen molar-refractivity contribution in [3.8, 4) is 0 Å². The van der Waals surface area contributed by atoms with Crippen molar-refractivity contribution < 1.29 is 18.0 Å². The number of benzene rings is 1. The summed E-state index contributed by atoms with van der Waals surface area (Å²) in [6, 6.07) is 5.92. The van der Waals surface area contributed by atoms with Crippen LogP contribution in [0.25, 0.3) is 6.08 Å². The third-order valence-corrected chi connectivity index (χ3v) is 7.19. The van der Waals surface area contributed by atoms with Crippen LogP contribution in [0.1, 0.15) is 28.0 Å². The number of rotatable bonds is 5. The van der Waals surface area contributed by atoms with Crippen molar-refractivity contribution in [1.82, 2.24) is 14.2 Å². The van der Waals surface area contributed by atoms with E-state index in [1.54, 1.807) is 11.0 Å². The van der Waals surface area contributed by atoms with Gasteiger partial charge in [0.15, 0.2) is 5.78 Å². The maximum atomic E-state index is 12.8. The second-order valence-corrected chi connectivity index (χ2v) is 9.43. The SMILES string of the molecule is CC(=O)c1ccc(S(=O)(=O)N2CCN(C(=O)/C=C/c3csc(C)n3)CC2)cc1. The number of aromatic nitrogens is 1. The number of hydrogen-bond donors (Lipinski definition) is 0. The number of sulfonamides is 1. The maximum Gasteiger partial charge on any atom is 0.246 e. The Hall–Kier alpha value is -2.36. The van der Waals surface area contributed by atoms with Crippen LogP contribution in [0.5, 0.6) is 0 Å². The molecule has 7 nitrogen and oxygen atoms in total. The molecule has 2 aromatic rings. The second-order valence-electron chi connectivity index (χ2n) is 6.43. The molecule has 3 rings (SSSR count). The lowest BCUT2D eigenvalue weighted by atomic mass is 10.2. The van der Waals surface area contributed by atoms with Crippen molar-refractivity contribution in [3.63, 3.8) is 0 Å². The number of Topliss-reactive ketones (excluding diaryl/α,β-unsaturated/α-hetero) is 1. The number of carbonyl (C=O) groups is 2. The first kappa shape index (κ1) is 20.4. The number of nitrogens with zero attached hydrogens (tertiary/aromatic N) is 3. The van der Waals surface area contributed by atoms with Crippen molar-refractivity contribution >= 4 is 39.1 Å². The van der Waals surface area contributed by atoms with Crippen molar-refractivity contribution in [3.05, 3.63) is 52.0 Å². The van der Waals surface area contributed by atoms with E-state index < -0.39 is 10.0 Å². The Morgan fingerprint density at radius 1 is 1.11 bits per heavy atom. The molecule has 1 fully saturated rings. The number of ketones is 1. The molecule has 1 aliphatic heterocycles. The predicted octanol–water partition coefficient (Wildman–Crippen LogP) is 2.20. The van der Waals surface area contributed by atoms with Gasteiger partial charge in [0.25, 0.3) is 0 Å². The number of thiazole rings is 1. The minimum Gasteiger partial charge on any atom is -0.337 e. The van der Waals surface area contributed by atoms with Gasteiger partial charge in [0.05, 0.1) is 15.6 Å². The highest BCUT2D eigenvalue weighted by molar-refractivity contribution is 7.89. The Balaban J connectivity index is 1.61. The summed E-state index contributed by atoms with van der Waals surface area (Å²) >= 11 is 1.52. The highest BCUT2D eigenvalue weighted by Crippen LogP contribution is 2.19. The van der Waals surface area contributed by atoms with Crippen molar-refractivity contribution in [2.45, 2.75) is 18.7 Å². The predicted molar refractivity (Wildman–Crippen MR) is 108 cm³/mol. The summed E-state index contributed by atoms with van der Waals surface area (Å²) in [4.78, 5) is 29.7. The van der Waals surface area contributed by atoms with E-state index in [0.717, 1.165) is 10.7 Å². The fraction of sp³-hybridized carbons (Fsp3) is 0.316. The van der Waals surface area contributed by atoms with Gasteiger partial charge in [-0.3, -0.25) is 9.59 Å². The van der Waals surface area contributed by atoms with Crippen molar-refractivity contribution in [2.75, 3.05) is 26.2 Å². The van der Waals surface area contributed by atoms with Gasteiger partial charge in [-0.05, 0) is 32.1 Å². The Labute approximate surface area is 168 Å². The standard InChI is InChI=1S/C19H21N3O4S2/c1-14(23)16-3-6-18(7-4-16)28(25,26)22-11-9-21(10-12-22)19(24)8-5-17-13-27-15(2)20-17/h3-8,13H,9-12H2,1-2H3/b8-5+. The minimum atomic E-state index is -3.65. The Bertz CT molecular complexity index is 1000. The summed E-state index contributed by atoms with van der Waals surface area (Å²) in [7, 11) is -3.65. The second kappa shape index (κ2) is 8.34. The molecule has 2 heterocycles. The molecule has 0 atom stereocenters. The Morgan fingerprint density at radius 2 is 1.75 bits per heavy atom. The molecule has 0 radical (unpaired) electrons. The van der Waals surface area contributed by atoms with Crippen LogP contribution in [0, 0.1) is 6.92 Å². The van der Waals surface area contributed by atoms with E-state index in [1.165, 1.54) is 52.9 Å². The molecule has 9 heteroatoms. The van der Waals surface area contributed by atoms with Gasteiger partial charge < -0.3 is 4.90 Å². The molecule has 28 heavy (non-hydrogen) atoms. The van der Waals surface area contributed by atoms with Crippen molar-refractivity contribution in [2.24, 2.45) is 0 Å². The molecule has 0 bridgehead atoms. The zero-order valence-corrected chi connectivity index (χ0v) is 17.3. The average molecular weight is 420 g/mol. The van der Waals surface area contributed by atoms with Gasteiger partial charge in [-0.15, -0.1) is 11.3 Å². The van der Waals surface area contributed by atoms with Crippen LogP contribution in [0.15, 0.2) is 40.6 Å². The van der Waals surface area contributed by atoms with Crippen LogP contribution in [0.3, 0.4) is 0 Å². The van der Waals surface area contributed by atoms with Crippen LogP contribution < -0.4 is 0 Å². The van der Waals surface area contributed by atoms with Crippen LogP contribution in [-0.4, -0.2) is 60.5 Å². The number of carbonyl (C=O) groups excluding carboxylic acids is 2. The van der Waals surface area contributed by atoms with Crippen LogP contribution in [0.2, 0.25) is 0 Å². The van der Waals surface area contributed by atoms with Gasteiger partial charge in [0.2, 0.25) is 15.9 Å². The topological polar surface area (TPSA) is 87.7 Å². The lowest BCUT2D eigenvalue weighted by Gasteiger charge is -2.33. The zero-order chi connectivity index (χ0) is 20.3. The van der Waals surface area contributed by atoms with Gasteiger partial charge in [0, 0.05) is 43.2 Å². The molecular weight excluding hydrogens is 398 g/mol. The molecular formula is C19H21N3O4S2. The molecule has 0 spiro atoms. The normalized spacial score (nSPS) is 15.9. The molecule has 1 saturated heterocycles. The van der Waals surface area contributed by atoms with E-state index in [4.69, 9.17) is 0 Å². The van der Waals surface area contributed by atoms with Gasteiger partial charge in [0.1, 0.15) is 0 Å². The van der Waals surface area contributed by atoms with E-state index in [2.05, 4.69) is 4.98 Å². The smallest absolute Gasteiger partial charge is 0.246 e. The third-order valence-electron chi connectivity index (χ3n) is 4.48. The maximum absolute atomic E-state index is 12.8. The van der Waals surface area contributed by atoms with Gasteiger partial charge in [-0.1, -0.05) is 12.1 Å². The molecule has 0 unspecified atom stereocenters. The summed E-state index contributed by atoms with van der Waals surface area (Å²) in [6.45, 7) is 4.44. The number of amides is 1. The van der Waals surface area contributed by atoms with E-state index in [-0.39, 0.29) is 29.7 Å². The van der Waals surface area contributed by atoms with Gasteiger partial charge in [-0.2, -0.15) is 4.31 Å². The highest BCUT2D eigenvalue weighted by Gasteiger charge is 2.29. The van der Waals surface area contributed by atoms with Crippen LogP contribution in [-0.2, 0) is 14.8 Å². The van der Waals surface area contributed by atoms with Crippen LogP contribution >= 0.6 is 11.3 Å². The first-order valence-electron chi connectivity index (χ1n) is 8.77. The largest absolute Gasteiger partial charge is 0.337 e. The fourth-order valence-corrected chi connectivity index (χ4v) is 4.88.